The SMILES string of the molecule is C=C1CCC(=O)N1OC(=O)c1ccc(CNC(=O)CCN(C)CCCN2c3ccccc3CCc3ccccc32)cc1.[V]. The zero-order chi connectivity index (χ0) is 29.5. The summed E-state index contributed by atoms with van der Waals surface area (Å²) in [7, 11) is 2.06. The van der Waals surface area contributed by atoms with Gasteiger partial charge in [-0.25, -0.2) is 4.79 Å². The third-order valence-electron chi connectivity index (χ3n) is 7.87. The number of aryl methyl sites for hydroxylation is 2. The largest absolute Gasteiger partial charge is 0.363 e. The number of anilines is 2. The van der Waals surface area contributed by atoms with Crippen molar-refractivity contribution in [2.75, 3.05) is 31.6 Å². The van der Waals surface area contributed by atoms with Crippen LogP contribution in [0.1, 0.15) is 52.7 Å². The Morgan fingerprint density at radius 1 is 0.884 bits per heavy atom. The van der Waals surface area contributed by atoms with Crippen molar-refractivity contribution in [1.82, 2.24) is 15.3 Å². The molecule has 2 aliphatic rings. The summed E-state index contributed by atoms with van der Waals surface area (Å²) in [6.07, 6.45) is 4.27. The van der Waals surface area contributed by atoms with Crippen LogP contribution in [0.2, 0.25) is 0 Å². The Morgan fingerprint density at radius 2 is 1.51 bits per heavy atom. The van der Waals surface area contributed by atoms with Crippen molar-refractivity contribution < 1.29 is 37.8 Å². The molecule has 43 heavy (non-hydrogen) atoms. The summed E-state index contributed by atoms with van der Waals surface area (Å²) in [5.41, 5.74) is 7.03. The van der Waals surface area contributed by atoms with E-state index in [1.807, 2.05) is 0 Å². The minimum atomic E-state index is -0.616. The fourth-order valence-corrected chi connectivity index (χ4v) is 5.44. The molecule has 0 atom stereocenters. The van der Waals surface area contributed by atoms with Gasteiger partial charge in [0.05, 0.1) is 11.3 Å². The van der Waals surface area contributed by atoms with Gasteiger partial charge >= 0.3 is 5.97 Å². The van der Waals surface area contributed by atoms with Gasteiger partial charge in [0.25, 0.3) is 5.91 Å². The number of para-hydroxylation sites is 2. The van der Waals surface area contributed by atoms with Gasteiger partial charge in [-0.2, -0.15) is 0 Å². The van der Waals surface area contributed by atoms with Crippen LogP contribution in [0.3, 0.4) is 0 Å². The van der Waals surface area contributed by atoms with Gasteiger partial charge < -0.3 is 20.0 Å². The first kappa shape index (κ1) is 32.1. The topological polar surface area (TPSA) is 82.2 Å². The summed E-state index contributed by atoms with van der Waals surface area (Å²) in [5.74, 6) is -0.909. The van der Waals surface area contributed by atoms with Crippen LogP contribution < -0.4 is 10.2 Å². The Morgan fingerprint density at radius 3 is 2.12 bits per heavy atom. The molecule has 5 rings (SSSR count). The van der Waals surface area contributed by atoms with E-state index in [0.717, 1.165) is 43.0 Å². The Hall–Kier alpha value is -3.85. The quantitative estimate of drug-likeness (QED) is 0.320. The maximum Gasteiger partial charge on any atom is 0.363 e. The third kappa shape index (κ3) is 8.17. The van der Waals surface area contributed by atoms with E-state index < -0.39 is 5.97 Å². The summed E-state index contributed by atoms with van der Waals surface area (Å²) < 4.78 is 0. The van der Waals surface area contributed by atoms with Crippen molar-refractivity contribution in [1.29, 1.82) is 0 Å². The standard InChI is InChI=1S/C34H38N4O4.V/c1-25-12-19-33(40)38(25)42-34(41)29-15-13-26(14-16-29)24-35-32(39)20-23-36(2)21-7-22-37-30-10-5-3-8-27(30)17-18-28-9-4-6-11-31(28)37;/h3-6,8-11,13-16H,1,7,12,17-24H2,2H3,(H,35,39);. The molecule has 0 bridgehead atoms. The molecule has 1 radical (unpaired) electrons. The summed E-state index contributed by atoms with van der Waals surface area (Å²) in [4.78, 5) is 46.5. The average Bonchev–Trinajstić information content (AvgIpc) is 3.23. The van der Waals surface area contributed by atoms with E-state index in [0.29, 0.717) is 43.6 Å². The first-order valence-corrected chi connectivity index (χ1v) is 14.6. The molecule has 1 fully saturated rings. The first-order chi connectivity index (χ1) is 20.4. The van der Waals surface area contributed by atoms with Crippen LogP contribution in [-0.2, 0) is 52.4 Å². The zero-order valence-corrected chi connectivity index (χ0v) is 26.0. The smallest absolute Gasteiger partial charge is 0.352 e. The second kappa shape index (κ2) is 15.1. The number of rotatable bonds is 11. The molecular weight excluding hydrogens is 579 g/mol. The molecule has 9 heteroatoms. The van der Waals surface area contributed by atoms with Gasteiger partial charge in [0.15, 0.2) is 0 Å². The summed E-state index contributed by atoms with van der Waals surface area (Å²) in [5, 5.41) is 3.93. The summed E-state index contributed by atoms with van der Waals surface area (Å²) in [6, 6.07) is 24.2. The molecule has 1 saturated heterocycles. The van der Waals surface area contributed by atoms with Gasteiger partial charge in [0, 0.05) is 62.4 Å². The maximum atomic E-state index is 12.5. The van der Waals surface area contributed by atoms with Gasteiger partial charge in [-0.1, -0.05) is 55.1 Å². The number of amides is 2. The molecule has 2 aliphatic heterocycles. The molecule has 1 N–H and O–H groups in total. The number of nitrogens with zero attached hydrogens (tertiary/aromatic N) is 3. The van der Waals surface area contributed by atoms with Crippen molar-refractivity contribution in [2.24, 2.45) is 0 Å². The third-order valence-corrected chi connectivity index (χ3v) is 7.87. The molecule has 0 spiro atoms. The molecule has 0 aromatic heterocycles. The Balaban J connectivity index is 0.00000423. The van der Waals surface area contributed by atoms with Gasteiger partial charge in [-0.05, 0) is 80.2 Å². The summed E-state index contributed by atoms with van der Waals surface area (Å²) >= 11 is 0. The molecular formula is C34H38N4O4V. The van der Waals surface area contributed by atoms with Crippen LogP contribution in [0.5, 0.6) is 0 Å². The predicted octanol–water partition coefficient (Wildman–Crippen LogP) is 5.16. The van der Waals surface area contributed by atoms with Crippen molar-refractivity contribution in [2.45, 2.75) is 45.1 Å². The van der Waals surface area contributed by atoms with Gasteiger partial charge in [-0.15, -0.1) is 5.06 Å². The Kier molecular flexibility index (Phi) is 11.2. The number of carbonyl (C=O) groups excluding carboxylic acids is 3. The molecule has 223 valence electrons. The van der Waals surface area contributed by atoms with Gasteiger partial charge in [0.2, 0.25) is 5.91 Å². The fourth-order valence-electron chi connectivity index (χ4n) is 5.44. The van der Waals surface area contributed by atoms with E-state index in [1.165, 1.54) is 22.5 Å². The molecule has 8 nitrogen and oxygen atoms in total. The molecule has 2 amide bonds. The number of hydroxylamine groups is 2. The van der Waals surface area contributed by atoms with Crippen LogP contribution in [-0.4, -0.2) is 54.4 Å². The Bertz CT molecular complexity index is 1400. The molecule has 0 aliphatic carbocycles. The zero-order valence-electron chi connectivity index (χ0n) is 24.6. The van der Waals surface area contributed by atoms with E-state index in [4.69, 9.17) is 4.84 Å². The minimum absolute atomic E-state index is 0. The number of allylic oxidation sites excluding steroid dienone is 1. The number of fused-ring (bicyclic) bond motifs is 2. The monoisotopic (exact) mass is 617 g/mol. The van der Waals surface area contributed by atoms with Crippen LogP contribution in [0.25, 0.3) is 0 Å². The number of nitrogens with one attached hydrogen (secondary N) is 1. The van der Waals surface area contributed by atoms with Gasteiger partial charge in [-0.3, -0.25) is 9.59 Å². The van der Waals surface area contributed by atoms with Crippen molar-refractivity contribution in [3.8, 4) is 0 Å². The number of benzene rings is 3. The number of hydrogen-bond acceptors (Lipinski definition) is 6. The fraction of sp³-hybridized carbons (Fsp3) is 0.324. The Labute approximate surface area is 265 Å². The molecule has 0 saturated carbocycles. The molecule has 0 unspecified atom stereocenters. The van der Waals surface area contributed by atoms with E-state index >= 15 is 0 Å². The van der Waals surface area contributed by atoms with Crippen molar-refractivity contribution >= 4 is 29.2 Å². The van der Waals surface area contributed by atoms with E-state index in [-0.39, 0.29) is 30.4 Å². The predicted molar refractivity (Wildman–Crippen MR) is 163 cm³/mol. The molecule has 2 heterocycles. The van der Waals surface area contributed by atoms with E-state index in [9.17, 15) is 14.4 Å². The summed E-state index contributed by atoms with van der Waals surface area (Å²) in [6.45, 7) is 6.59. The van der Waals surface area contributed by atoms with Crippen molar-refractivity contribution in [3.63, 3.8) is 0 Å². The maximum absolute atomic E-state index is 12.5. The van der Waals surface area contributed by atoms with Crippen LogP contribution in [0.15, 0.2) is 85.1 Å². The van der Waals surface area contributed by atoms with Crippen LogP contribution in [0.4, 0.5) is 11.4 Å². The normalized spacial score (nSPS) is 14.1. The number of hydrogen-bond donors (Lipinski definition) is 1. The number of carbonyl (C=O) groups is 3. The second-order valence-electron chi connectivity index (χ2n) is 10.9. The minimum Gasteiger partial charge on any atom is -0.352 e. The molecule has 3 aromatic carbocycles. The van der Waals surface area contributed by atoms with Crippen LogP contribution in [0, 0.1) is 0 Å². The first-order valence-electron chi connectivity index (χ1n) is 14.6. The van der Waals surface area contributed by atoms with Crippen LogP contribution >= 0.6 is 0 Å². The van der Waals surface area contributed by atoms with E-state index in [1.54, 1.807) is 24.3 Å². The van der Waals surface area contributed by atoms with Crippen molar-refractivity contribution in [3.05, 3.63) is 107 Å². The van der Waals surface area contributed by atoms with E-state index in [2.05, 4.69) is 77.3 Å². The molecule has 3 aromatic rings. The van der Waals surface area contributed by atoms with Gasteiger partial charge in [0.1, 0.15) is 0 Å². The second-order valence-corrected chi connectivity index (χ2v) is 10.9. The average molecular weight is 618 g/mol.